The molecule has 4 heteroatoms. The molecular weight excluding hydrogens is 324 g/mol. The summed E-state index contributed by atoms with van der Waals surface area (Å²) < 4.78 is 6.05. The number of likely N-dealkylation sites (N-methyl/N-ethyl adjacent to an activating group) is 1. The lowest BCUT2D eigenvalue weighted by atomic mass is 9.70. The summed E-state index contributed by atoms with van der Waals surface area (Å²) in [5, 5.41) is 14.9. The molecular formula is C22H34N2O2. The zero-order valence-electron chi connectivity index (χ0n) is 16.2. The molecule has 1 aromatic rings. The van der Waals surface area contributed by atoms with Gasteiger partial charge in [-0.25, -0.2) is 0 Å². The van der Waals surface area contributed by atoms with E-state index in [2.05, 4.69) is 35.5 Å². The molecule has 0 aromatic heterocycles. The van der Waals surface area contributed by atoms with E-state index < -0.39 is 5.60 Å². The largest absolute Gasteiger partial charge is 0.494 e. The maximum absolute atomic E-state index is 11.3. The summed E-state index contributed by atoms with van der Waals surface area (Å²) in [5.41, 5.74) is 2.15. The zero-order valence-corrected chi connectivity index (χ0v) is 16.2. The van der Waals surface area contributed by atoms with E-state index in [9.17, 15) is 5.11 Å². The van der Waals surface area contributed by atoms with Gasteiger partial charge in [-0.3, -0.25) is 0 Å². The Morgan fingerprint density at radius 1 is 1.23 bits per heavy atom. The number of hydrogen-bond acceptors (Lipinski definition) is 4. The maximum atomic E-state index is 11.3. The lowest BCUT2D eigenvalue weighted by Gasteiger charge is -2.44. The zero-order chi connectivity index (χ0) is 18.0. The molecule has 4 nitrogen and oxygen atoms in total. The van der Waals surface area contributed by atoms with Crippen LogP contribution in [0.15, 0.2) is 18.2 Å². The number of hydrogen-bond donors (Lipinski definition) is 2. The van der Waals surface area contributed by atoms with E-state index in [1.807, 2.05) is 0 Å². The predicted molar refractivity (Wildman–Crippen MR) is 105 cm³/mol. The van der Waals surface area contributed by atoms with Crippen molar-refractivity contribution in [2.45, 2.75) is 75.5 Å². The van der Waals surface area contributed by atoms with E-state index in [0.717, 1.165) is 64.1 Å². The van der Waals surface area contributed by atoms with Gasteiger partial charge in [-0.05, 0) is 69.0 Å². The van der Waals surface area contributed by atoms with Crippen LogP contribution >= 0.6 is 0 Å². The molecule has 1 aromatic carbocycles. The van der Waals surface area contributed by atoms with Crippen molar-refractivity contribution in [3.63, 3.8) is 0 Å². The molecule has 0 spiro atoms. The lowest BCUT2D eigenvalue weighted by Crippen LogP contribution is -2.46. The number of benzene rings is 1. The highest BCUT2D eigenvalue weighted by atomic mass is 16.5. The van der Waals surface area contributed by atoms with Crippen LogP contribution in [0.3, 0.4) is 0 Å². The standard InChI is InChI=1S/C22H34N2O2/c1-24-15-17-14-19(26-13-9-18-6-5-12-23-18)7-8-20(17)21(16-24)22(25)10-3-2-4-11-22/h7-8,14,18,21,23,25H,2-6,9-13,15-16H2,1H3. The van der Waals surface area contributed by atoms with Crippen LogP contribution in [0.5, 0.6) is 5.75 Å². The smallest absolute Gasteiger partial charge is 0.119 e. The van der Waals surface area contributed by atoms with Crippen LogP contribution in [0.2, 0.25) is 0 Å². The first kappa shape index (κ1) is 18.3. The van der Waals surface area contributed by atoms with Crippen LogP contribution < -0.4 is 10.1 Å². The number of aliphatic hydroxyl groups is 1. The number of fused-ring (bicyclic) bond motifs is 1. The van der Waals surface area contributed by atoms with Crippen molar-refractivity contribution in [2.24, 2.45) is 0 Å². The van der Waals surface area contributed by atoms with Gasteiger partial charge in [0.1, 0.15) is 5.75 Å². The summed E-state index contributed by atoms with van der Waals surface area (Å²) in [5.74, 6) is 1.21. The molecule has 0 amide bonds. The molecule has 144 valence electrons. The van der Waals surface area contributed by atoms with Crippen LogP contribution in [-0.2, 0) is 6.54 Å². The fraction of sp³-hybridized carbons (Fsp3) is 0.727. The quantitative estimate of drug-likeness (QED) is 0.846. The maximum Gasteiger partial charge on any atom is 0.119 e. The predicted octanol–water partition coefficient (Wildman–Crippen LogP) is 3.43. The van der Waals surface area contributed by atoms with Crippen LogP contribution in [-0.4, -0.2) is 48.4 Å². The summed E-state index contributed by atoms with van der Waals surface area (Å²) in [4.78, 5) is 2.35. The van der Waals surface area contributed by atoms with Crippen molar-refractivity contribution in [1.29, 1.82) is 0 Å². The van der Waals surface area contributed by atoms with Gasteiger partial charge in [0, 0.05) is 25.0 Å². The highest BCUT2D eigenvalue weighted by molar-refractivity contribution is 5.41. The first-order valence-electron chi connectivity index (χ1n) is 10.5. The van der Waals surface area contributed by atoms with E-state index in [1.54, 1.807) is 0 Å². The molecule has 2 aliphatic heterocycles. The molecule has 3 aliphatic rings. The average Bonchev–Trinajstić information content (AvgIpc) is 3.15. The Kier molecular flexibility index (Phi) is 5.53. The van der Waals surface area contributed by atoms with E-state index >= 15 is 0 Å². The molecule has 2 heterocycles. The van der Waals surface area contributed by atoms with Crippen LogP contribution in [0, 0.1) is 0 Å². The molecule has 2 unspecified atom stereocenters. The molecule has 4 rings (SSSR count). The van der Waals surface area contributed by atoms with Gasteiger partial charge in [0.25, 0.3) is 0 Å². The lowest BCUT2D eigenvalue weighted by molar-refractivity contribution is -0.0333. The summed E-state index contributed by atoms with van der Waals surface area (Å²) >= 11 is 0. The minimum Gasteiger partial charge on any atom is -0.494 e. The summed E-state index contributed by atoms with van der Waals surface area (Å²) in [6.45, 7) is 3.83. The molecule has 2 atom stereocenters. The highest BCUT2D eigenvalue weighted by Crippen LogP contribution is 2.44. The van der Waals surface area contributed by atoms with Gasteiger partial charge in [-0.15, -0.1) is 0 Å². The van der Waals surface area contributed by atoms with E-state index in [1.165, 1.54) is 30.4 Å². The second-order valence-electron chi connectivity index (χ2n) is 8.70. The van der Waals surface area contributed by atoms with E-state index in [4.69, 9.17) is 4.74 Å². The third kappa shape index (κ3) is 3.92. The fourth-order valence-corrected chi connectivity index (χ4v) is 5.21. The van der Waals surface area contributed by atoms with Gasteiger partial charge < -0.3 is 20.1 Å². The van der Waals surface area contributed by atoms with Gasteiger partial charge in [-0.2, -0.15) is 0 Å². The second kappa shape index (κ2) is 7.87. The molecule has 1 aliphatic carbocycles. The second-order valence-corrected chi connectivity index (χ2v) is 8.70. The van der Waals surface area contributed by atoms with E-state index in [-0.39, 0.29) is 5.92 Å². The molecule has 1 saturated carbocycles. The van der Waals surface area contributed by atoms with Gasteiger partial charge in [0.05, 0.1) is 12.2 Å². The molecule has 1 saturated heterocycles. The molecule has 26 heavy (non-hydrogen) atoms. The van der Waals surface area contributed by atoms with Gasteiger partial charge in [0.2, 0.25) is 0 Å². The summed E-state index contributed by atoms with van der Waals surface area (Å²) in [6.07, 6.45) is 9.11. The molecule has 0 radical (unpaired) electrons. The SMILES string of the molecule is CN1Cc2cc(OCCC3CCCN3)ccc2C(C2(O)CCCCC2)C1. The Morgan fingerprint density at radius 2 is 2.08 bits per heavy atom. The highest BCUT2D eigenvalue weighted by Gasteiger charge is 2.41. The van der Waals surface area contributed by atoms with Crippen LogP contribution in [0.4, 0.5) is 0 Å². The number of nitrogens with one attached hydrogen (secondary N) is 1. The number of nitrogens with zero attached hydrogens (tertiary/aromatic N) is 1. The Hall–Kier alpha value is -1.10. The monoisotopic (exact) mass is 358 g/mol. The fourth-order valence-electron chi connectivity index (χ4n) is 5.21. The third-order valence-electron chi connectivity index (χ3n) is 6.69. The Morgan fingerprint density at radius 3 is 2.85 bits per heavy atom. The van der Waals surface area contributed by atoms with Crippen LogP contribution in [0.1, 0.15) is 68.4 Å². The molecule has 0 bridgehead atoms. The Labute approximate surface area is 157 Å². The van der Waals surface area contributed by atoms with Crippen LogP contribution in [0.25, 0.3) is 0 Å². The Balaban J connectivity index is 1.46. The van der Waals surface area contributed by atoms with Crippen molar-refractivity contribution >= 4 is 0 Å². The normalized spacial score (nSPS) is 28.7. The average molecular weight is 359 g/mol. The van der Waals surface area contributed by atoms with E-state index in [0.29, 0.717) is 6.04 Å². The summed E-state index contributed by atoms with van der Waals surface area (Å²) in [7, 11) is 2.17. The first-order valence-corrected chi connectivity index (χ1v) is 10.5. The third-order valence-corrected chi connectivity index (χ3v) is 6.69. The van der Waals surface area contributed by atoms with Gasteiger partial charge in [-0.1, -0.05) is 25.3 Å². The minimum atomic E-state index is -0.530. The van der Waals surface area contributed by atoms with Crippen molar-refractivity contribution in [1.82, 2.24) is 10.2 Å². The van der Waals surface area contributed by atoms with Gasteiger partial charge >= 0.3 is 0 Å². The first-order chi connectivity index (χ1) is 12.6. The van der Waals surface area contributed by atoms with Crippen molar-refractivity contribution in [3.05, 3.63) is 29.3 Å². The number of rotatable bonds is 5. The number of ether oxygens (including phenoxy) is 1. The van der Waals surface area contributed by atoms with Crippen molar-refractivity contribution in [3.8, 4) is 5.75 Å². The van der Waals surface area contributed by atoms with Crippen molar-refractivity contribution < 1.29 is 9.84 Å². The molecule has 2 fully saturated rings. The van der Waals surface area contributed by atoms with Gasteiger partial charge in [0.15, 0.2) is 0 Å². The summed E-state index contributed by atoms with van der Waals surface area (Å²) in [6, 6.07) is 7.18. The topological polar surface area (TPSA) is 44.7 Å². The molecule has 2 N–H and O–H groups in total. The van der Waals surface area contributed by atoms with Crippen molar-refractivity contribution in [2.75, 3.05) is 26.7 Å². The minimum absolute atomic E-state index is 0.230. The Bertz CT molecular complexity index is 606.